The highest BCUT2D eigenvalue weighted by Gasteiger charge is 2.51. The van der Waals surface area contributed by atoms with Crippen LogP contribution >= 0.6 is 34.8 Å². The van der Waals surface area contributed by atoms with E-state index < -0.39 is 11.6 Å². The summed E-state index contributed by atoms with van der Waals surface area (Å²) >= 11 is 19.6. The first kappa shape index (κ1) is 27.4. The SMILES string of the molecule is CC1(C2CC(O)(c3ccc(OCc4c(-c5c(Cl)cccc5Cl)noc4C4CC4)cc3Cl)C2)C=CC(C(=O)O)=CC1. The fourth-order valence-electron chi connectivity index (χ4n) is 5.82. The van der Waals surface area contributed by atoms with E-state index in [0.717, 1.165) is 24.2 Å². The third kappa shape index (κ3) is 4.96. The molecule has 6 rings (SSSR count). The zero-order valence-electron chi connectivity index (χ0n) is 21.8. The average Bonchev–Trinajstić information content (AvgIpc) is 3.66. The van der Waals surface area contributed by atoms with Gasteiger partial charge >= 0.3 is 5.97 Å². The van der Waals surface area contributed by atoms with E-state index in [1.165, 1.54) is 0 Å². The fraction of sp³-hybridized carbons (Fsp3) is 0.355. The number of carbonyl (C=O) groups is 1. The minimum Gasteiger partial charge on any atom is -0.489 e. The number of halogens is 3. The predicted molar refractivity (Wildman–Crippen MR) is 154 cm³/mol. The molecule has 0 amide bonds. The Balaban J connectivity index is 1.17. The summed E-state index contributed by atoms with van der Waals surface area (Å²) in [6.45, 7) is 2.30. The molecule has 6 nitrogen and oxygen atoms in total. The van der Waals surface area contributed by atoms with Crippen LogP contribution < -0.4 is 4.74 Å². The highest BCUT2D eigenvalue weighted by Crippen LogP contribution is 2.57. The number of hydrogen-bond acceptors (Lipinski definition) is 5. The van der Waals surface area contributed by atoms with Gasteiger partial charge in [-0.1, -0.05) is 77.2 Å². The van der Waals surface area contributed by atoms with Crippen molar-refractivity contribution in [3.63, 3.8) is 0 Å². The number of nitrogens with zero attached hydrogens (tertiary/aromatic N) is 1. The summed E-state index contributed by atoms with van der Waals surface area (Å²) in [5.74, 6) is 0.936. The fourth-order valence-corrected chi connectivity index (χ4v) is 6.74. The second-order valence-electron chi connectivity index (χ2n) is 11.3. The van der Waals surface area contributed by atoms with E-state index in [-0.39, 0.29) is 17.9 Å². The smallest absolute Gasteiger partial charge is 0.335 e. The van der Waals surface area contributed by atoms with Crippen LogP contribution in [0.25, 0.3) is 11.3 Å². The molecule has 3 aliphatic rings. The maximum atomic E-state index is 11.4. The minimum absolute atomic E-state index is 0.199. The summed E-state index contributed by atoms with van der Waals surface area (Å²) in [5, 5.41) is 26.3. The van der Waals surface area contributed by atoms with Gasteiger partial charge in [0.1, 0.15) is 23.8 Å². The number of hydrogen-bond donors (Lipinski definition) is 2. The lowest BCUT2D eigenvalue weighted by molar-refractivity contribution is -0.132. The molecule has 1 atom stereocenters. The van der Waals surface area contributed by atoms with Crippen molar-refractivity contribution in [1.29, 1.82) is 0 Å². The van der Waals surface area contributed by atoms with Crippen LogP contribution in [0, 0.1) is 11.3 Å². The lowest BCUT2D eigenvalue weighted by atomic mass is 9.55. The number of rotatable bonds is 8. The molecule has 3 aromatic rings. The van der Waals surface area contributed by atoms with Gasteiger partial charge in [-0.15, -0.1) is 0 Å². The van der Waals surface area contributed by atoms with Gasteiger partial charge in [-0.3, -0.25) is 0 Å². The van der Waals surface area contributed by atoms with Gasteiger partial charge in [0.2, 0.25) is 0 Å². The normalized spacial score (nSPS) is 25.8. The van der Waals surface area contributed by atoms with Crippen LogP contribution in [0.1, 0.15) is 61.8 Å². The highest BCUT2D eigenvalue weighted by atomic mass is 35.5. The molecule has 1 heterocycles. The minimum atomic E-state index is -1.05. The number of allylic oxidation sites excluding steroid dienone is 2. The summed E-state index contributed by atoms with van der Waals surface area (Å²) in [5.41, 5.74) is 1.72. The van der Waals surface area contributed by atoms with Crippen LogP contribution in [-0.4, -0.2) is 21.3 Å². The largest absolute Gasteiger partial charge is 0.489 e. The third-order valence-corrected chi connectivity index (χ3v) is 9.49. The molecule has 1 unspecified atom stereocenters. The van der Waals surface area contributed by atoms with Gasteiger partial charge in [-0.25, -0.2) is 4.79 Å². The van der Waals surface area contributed by atoms with Gasteiger partial charge in [0.15, 0.2) is 0 Å². The molecule has 0 aliphatic heterocycles. The Morgan fingerprint density at radius 3 is 2.45 bits per heavy atom. The lowest BCUT2D eigenvalue weighted by Crippen LogP contribution is -2.48. The Labute approximate surface area is 247 Å². The number of ether oxygens (including phenoxy) is 1. The van der Waals surface area contributed by atoms with Crippen LogP contribution in [0.3, 0.4) is 0 Å². The van der Waals surface area contributed by atoms with E-state index in [9.17, 15) is 15.0 Å². The number of aliphatic hydroxyl groups is 1. The van der Waals surface area contributed by atoms with E-state index in [4.69, 9.17) is 44.1 Å². The lowest BCUT2D eigenvalue weighted by Gasteiger charge is -2.52. The molecule has 2 saturated carbocycles. The van der Waals surface area contributed by atoms with E-state index in [2.05, 4.69) is 12.1 Å². The van der Waals surface area contributed by atoms with Crippen molar-refractivity contribution in [2.75, 3.05) is 0 Å². The van der Waals surface area contributed by atoms with Crippen molar-refractivity contribution in [2.24, 2.45) is 11.3 Å². The van der Waals surface area contributed by atoms with Crippen molar-refractivity contribution >= 4 is 40.8 Å². The maximum Gasteiger partial charge on any atom is 0.335 e. The molecule has 208 valence electrons. The van der Waals surface area contributed by atoms with Crippen molar-refractivity contribution in [2.45, 2.75) is 57.2 Å². The first-order valence-corrected chi connectivity index (χ1v) is 14.4. The summed E-state index contributed by atoms with van der Waals surface area (Å²) in [4.78, 5) is 11.2. The monoisotopic (exact) mass is 599 g/mol. The van der Waals surface area contributed by atoms with E-state index in [0.29, 0.717) is 68.4 Å². The summed E-state index contributed by atoms with van der Waals surface area (Å²) < 4.78 is 11.9. The van der Waals surface area contributed by atoms with Crippen molar-refractivity contribution < 1.29 is 24.3 Å². The molecular weight excluding hydrogens is 573 g/mol. The Hall–Kier alpha value is -2.77. The van der Waals surface area contributed by atoms with Crippen molar-refractivity contribution in [1.82, 2.24) is 5.16 Å². The first-order valence-electron chi connectivity index (χ1n) is 13.3. The van der Waals surface area contributed by atoms with Gasteiger partial charge in [-0.2, -0.15) is 0 Å². The summed E-state index contributed by atoms with van der Waals surface area (Å²) in [6, 6.07) is 10.7. The molecular formula is C31H28Cl3NO5. The Morgan fingerprint density at radius 1 is 1.12 bits per heavy atom. The van der Waals surface area contributed by atoms with Crippen LogP contribution in [0.2, 0.25) is 15.1 Å². The molecule has 0 spiro atoms. The number of aromatic nitrogens is 1. The Kier molecular flexibility index (Phi) is 7.02. The zero-order valence-corrected chi connectivity index (χ0v) is 24.1. The molecule has 0 radical (unpaired) electrons. The third-order valence-electron chi connectivity index (χ3n) is 8.54. The number of aliphatic carboxylic acids is 1. The number of carboxylic acids is 1. The maximum absolute atomic E-state index is 11.4. The van der Waals surface area contributed by atoms with E-state index in [1.54, 1.807) is 36.4 Å². The predicted octanol–water partition coefficient (Wildman–Crippen LogP) is 8.33. The quantitative estimate of drug-likeness (QED) is 0.270. The molecule has 0 saturated heterocycles. The van der Waals surface area contributed by atoms with Crippen molar-refractivity contribution in [3.8, 4) is 17.0 Å². The molecule has 40 heavy (non-hydrogen) atoms. The molecule has 0 bridgehead atoms. The zero-order chi connectivity index (χ0) is 28.2. The van der Waals surface area contributed by atoms with Gasteiger partial charge in [-0.05, 0) is 67.7 Å². The molecule has 9 heteroatoms. The van der Waals surface area contributed by atoms with E-state index >= 15 is 0 Å². The molecule has 1 aromatic heterocycles. The van der Waals surface area contributed by atoms with Crippen LogP contribution in [-0.2, 0) is 17.0 Å². The second-order valence-corrected chi connectivity index (χ2v) is 12.5. The van der Waals surface area contributed by atoms with Crippen molar-refractivity contribution in [3.05, 3.63) is 92.2 Å². The first-order chi connectivity index (χ1) is 19.1. The summed E-state index contributed by atoms with van der Waals surface area (Å²) in [7, 11) is 0. The van der Waals surface area contributed by atoms with E-state index in [1.807, 2.05) is 18.2 Å². The van der Waals surface area contributed by atoms with Crippen LogP contribution in [0.15, 0.2) is 64.7 Å². The molecule has 3 aliphatic carbocycles. The van der Waals surface area contributed by atoms with Crippen LogP contribution in [0.4, 0.5) is 0 Å². The number of benzene rings is 2. The summed E-state index contributed by atoms with van der Waals surface area (Å²) in [6.07, 6.45) is 9.15. The van der Waals surface area contributed by atoms with Crippen LogP contribution in [0.5, 0.6) is 5.75 Å². The molecule has 2 aromatic carbocycles. The van der Waals surface area contributed by atoms with Gasteiger partial charge in [0.25, 0.3) is 0 Å². The van der Waals surface area contributed by atoms with Gasteiger partial charge in [0, 0.05) is 17.0 Å². The van der Waals surface area contributed by atoms with Gasteiger partial charge < -0.3 is 19.5 Å². The molecule has 2 fully saturated rings. The average molecular weight is 601 g/mol. The Bertz CT molecular complexity index is 1530. The molecule has 2 N–H and O–H groups in total. The second kappa shape index (κ2) is 10.3. The Morgan fingerprint density at radius 2 is 1.85 bits per heavy atom. The number of carboxylic acid groups (broad SMARTS) is 1. The topological polar surface area (TPSA) is 92.8 Å². The van der Waals surface area contributed by atoms with Gasteiger partial charge in [0.05, 0.1) is 31.8 Å². The highest BCUT2D eigenvalue weighted by molar-refractivity contribution is 6.39. The standard InChI is InChI=1S/C31H28Cl3NO5/c1-30(11-9-18(10-12-30)29(36)37)19-14-31(38,15-19)22-8-7-20(13-25(22)34)39-16-21-27(35-40-28(21)17-5-6-17)26-23(32)3-2-4-24(26)33/h2-4,7-11,13,17,19,38H,5-6,12,14-16H2,1H3,(H,36,37).